The minimum Gasteiger partial charge on any atom is -0.377 e. The fourth-order valence-electron chi connectivity index (χ4n) is 2.69. The molecular weight excluding hydrogens is 343 g/mol. The first-order valence-electron chi connectivity index (χ1n) is 7.82. The summed E-state index contributed by atoms with van der Waals surface area (Å²) in [6.07, 6.45) is 1.74. The van der Waals surface area contributed by atoms with Crippen molar-refractivity contribution in [2.45, 2.75) is 19.0 Å². The van der Waals surface area contributed by atoms with Gasteiger partial charge in [0.25, 0.3) is 5.91 Å². The quantitative estimate of drug-likeness (QED) is 0.778. The predicted octanol–water partition coefficient (Wildman–Crippen LogP) is 3.13. The van der Waals surface area contributed by atoms with Crippen LogP contribution in [0.25, 0.3) is 21.3 Å². The molecule has 1 aliphatic rings. The number of thiazole rings is 1. The standard InChI is InChI=1S/C17H15FN4O2S/c1-10-6-12-7-11(2-3-13(12)22-21-10)14-8-19-16(25-14)20-15(23)17(18)4-5-24-9-17/h2-3,6-8H,4-5,9H2,1H3,(H,19,20,23). The van der Waals surface area contributed by atoms with Crippen LogP contribution in [0.4, 0.5) is 9.52 Å². The molecule has 8 heteroatoms. The third-order valence-electron chi connectivity index (χ3n) is 4.10. The average molecular weight is 358 g/mol. The van der Waals surface area contributed by atoms with Gasteiger partial charge in [0.2, 0.25) is 5.67 Å². The molecule has 0 bridgehead atoms. The lowest BCUT2D eigenvalue weighted by atomic mass is 10.1. The third-order valence-corrected chi connectivity index (χ3v) is 5.06. The molecule has 4 rings (SSSR count). The summed E-state index contributed by atoms with van der Waals surface area (Å²) in [5.41, 5.74) is 0.643. The zero-order chi connectivity index (χ0) is 17.4. The number of aryl methyl sites for hydroxylation is 1. The van der Waals surface area contributed by atoms with E-state index in [1.54, 1.807) is 6.20 Å². The fraction of sp³-hybridized carbons (Fsp3) is 0.294. The van der Waals surface area contributed by atoms with Gasteiger partial charge in [-0.1, -0.05) is 17.4 Å². The van der Waals surface area contributed by atoms with Crippen molar-refractivity contribution in [3.8, 4) is 10.4 Å². The normalized spacial score (nSPS) is 20.1. The molecule has 0 spiro atoms. The van der Waals surface area contributed by atoms with Gasteiger partial charge in [0.1, 0.15) is 0 Å². The van der Waals surface area contributed by atoms with Crippen LogP contribution in [-0.2, 0) is 9.53 Å². The third kappa shape index (κ3) is 3.10. The summed E-state index contributed by atoms with van der Waals surface area (Å²) < 4.78 is 19.3. The Morgan fingerprint density at radius 1 is 1.36 bits per heavy atom. The van der Waals surface area contributed by atoms with Gasteiger partial charge in [-0.15, -0.1) is 0 Å². The van der Waals surface area contributed by atoms with Crippen molar-refractivity contribution in [3.05, 3.63) is 36.2 Å². The van der Waals surface area contributed by atoms with Crippen LogP contribution in [0.2, 0.25) is 0 Å². The molecule has 1 saturated heterocycles. The number of ether oxygens (including phenoxy) is 1. The van der Waals surface area contributed by atoms with Crippen molar-refractivity contribution in [1.29, 1.82) is 0 Å². The molecule has 1 amide bonds. The van der Waals surface area contributed by atoms with Crippen LogP contribution in [0.3, 0.4) is 0 Å². The van der Waals surface area contributed by atoms with Gasteiger partial charge < -0.3 is 4.74 Å². The van der Waals surface area contributed by atoms with Gasteiger partial charge in [-0.25, -0.2) is 9.37 Å². The molecule has 1 atom stereocenters. The number of fused-ring (bicyclic) bond motifs is 1. The lowest BCUT2D eigenvalue weighted by Crippen LogP contribution is -2.39. The summed E-state index contributed by atoms with van der Waals surface area (Å²) in [6.45, 7) is 1.94. The first-order valence-corrected chi connectivity index (χ1v) is 8.64. The van der Waals surface area contributed by atoms with Crippen LogP contribution in [0.15, 0.2) is 30.5 Å². The van der Waals surface area contributed by atoms with Gasteiger partial charge in [0.05, 0.1) is 29.3 Å². The van der Waals surface area contributed by atoms with Crippen LogP contribution in [-0.4, -0.2) is 40.0 Å². The second-order valence-corrected chi connectivity index (χ2v) is 7.04. The highest BCUT2D eigenvalue weighted by Crippen LogP contribution is 2.32. The Bertz CT molecular complexity index is 953. The Labute approximate surface area is 147 Å². The summed E-state index contributed by atoms with van der Waals surface area (Å²) in [7, 11) is 0. The summed E-state index contributed by atoms with van der Waals surface area (Å²) in [4.78, 5) is 17.1. The maximum absolute atomic E-state index is 14.4. The van der Waals surface area contributed by atoms with Crippen LogP contribution in [0.1, 0.15) is 12.1 Å². The Hall–Kier alpha value is -2.45. The van der Waals surface area contributed by atoms with Crippen molar-refractivity contribution in [2.24, 2.45) is 0 Å². The van der Waals surface area contributed by atoms with Crippen LogP contribution >= 0.6 is 11.3 Å². The first kappa shape index (κ1) is 16.0. The fourth-order valence-corrected chi connectivity index (χ4v) is 3.50. The Morgan fingerprint density at radius 3 is 3.04 bits per heavy atom. The molecule has 0 saturated carbocycles. The van der Waals surface area contributed by atoms with E-state index in [-0.39, 0.29) is 19.6 Å². The lowest BCUT2D eigenvalue weighted by molar-refractivity contribution is -0.127. The van der Waals surface area contributed by atoms with E-state index in [0.717, 1.165) is 27.0 Å². The SMILES string of the molecule is Cc1cc2cc(-c3cnc(NC(=O)C4(F)CCOC4)s3)ccc2nn1. The zero-order valence-corrected chi connectivity index (χ0v) is 14.3. The Balaban J connectivity index is 1.57. The van der Waals surface area contributed by atoms with Gasteiger partial charge in [0.15, 0.2) is 5.13 Å². The number of rotatable bonds is 3. The lowest BCUT2D eigenvalue weighted by Gasteiger charge is -2.14. The van der Waals surface area contributed by atoms with Crippen molar-refractivity contribution >= 4 is 33.3 Å². The summed E-state index contributed by atoms with van der Waals surface area (Å²) >= 11 is 1.30. The van der Waals surface area contributed by atoms with Crippen molar-refractivity contribution in [3.63, 3.8) is 0 Å². The van der Waals surface area contributed by atoms with Gasteiger partial charge >= 0.3 is 0 Å². The topological polar surface area (TPSA) is 77.0 Å². The van der Waals surface area contributed by atoms with E-state index in [9.17, 15) is 9.18 Å². The molecule has 25 heavy (non-hydrogen) atoms. The number of benzene rings is 1. The highest BCUT2D eigenvalue weighted by Gasteiger charge is 2.43. The summed E-state index contributed by atoms with van der Waals surface area (Å²) in [6, 6.07) is 7.77. The summed E-state index contributed by atoms with van der Waals surface area (Å²) in [5.74, 6) is -0.699. The van der Waals surface area contributed by atoms with E-state index in [4.69, 9.17) is 4.74 Å². The number of nitrogens with one attached hydrogen (secondary N) is 1. The number of aromatic nitrogens is 3. The molecular formula is C17H15FN4O2S. The number of anilines is 1. The van der Waals surface area contributed by atoms with Crippen molar-refractivity contribution < 1.29 is 13.9 Å². The molecule has 1 fully saturated rings. The first-order chi connectivity index (χ1) is 12.0. The van der Waals surface area contributed by atoms with Crippen LogP contribution < -0.4 is 5.32 Å². The summed E-state index contributed by atoms with van der Waals surface area (Å²) in [5, 5.41) is 12.1. The molecule has 3 heterocycles. The molecule has 6 nitrogen and oxygen atoms in total. The van der Waals surface area contributed by atoms with Gasteiger partial charge in [-0.3, -0.25) is 10.1 Å². The highest BCUT2D eigenvalue weighted by atomic mass is 32.1. The van der Waals surface area contributed by atoms with E-state index in [1.165, 1.54) is 11.3 Å². The minimum absolute atomic E-state index is 0.0716. The molecule has 1 aromatic carbocycles. The monoisotopic (exact) mass is 358 g/mol. The molecule has 2 aromatic heterocycles. The van der Waals surface area contributed by atoms with Gasteiger partial charge in [-0.05, 0) is 30.7 Å². The maximum atomic E-state index is 14.4. The number of halogens is 1. The molecule has 1 aliphatic heterocycles. The van der Waals surface area contributed by atoms with Crippen LogP contribution in [0.5, 0.6) is 0 Å². The van der Waals surface area contributed by atoms with E-state index in [2.05, 4.69) is 20.5 Å². The average Bonchev–Trinajstić information content (AvgIpc) is 3.24. The maximum Gasteiger partial charge on any atom is 0.266 e. The van der Waals surface area contributed by atoms with E-state index < -0.39 is 11.6 Å². The number of hydrogen-bond acceptors (Lipinski definition) is 6. The smallest absolute Gasteiger partial charge is 0.266 e. The molecule has 1 unspecified atom stereocenters. The number of carbonyl (C=O) groups excluding carboxylic acids is 1. The Kier molecular flexibility index (Phi) is 3.93. The van der Waals surface area contributed by atoms with E-state index in [0.29, 0.717) is 5.13 Å². The highest BCUT2D eigenvalue weighted by molar-refractivity contribution is 7.19. The number of amides is 1. The molecule has 3 aromatic rings. The minimum atomic E-state index is -1.97. The van der Waals surface area contributed by atoms with Crippen LogP contribution in [0, 0.1) is 6.92 Å². The Morgan fingerprint density at radius 2 is 2.24 bits per heavy atom. The molecule has 0 aliphatic carbocycles. The van der Waals surface area contributed by atoms with Gasteiger partial charge in [0, 0.05) is 18.0 Å². The zero-order valence-electron chi connectivity index (χ0n) is 13.5. The number of nitrogens with zero attached hydrogens (tertiary/aromatic N) is 3. The van der Waals surface area contributed by atoms with E-state index >= 15 is 0 Å². The molecule has 1 N–H and O–H groups in total. The van der Waals surface area contributed by atoms with E-state index in [1.807, 2.05) is 31.2 Å². The largest absolute Gasteiger partial charge is 0.377 e. The van der Waals surface area contributed by atoms with Crippen molar-refractivity contribution in [1.82, 2.24) is 15.2 Å². The second kappa shape index (κ2) is 6.12. The second-order valence-electron chi connectivity index (χ2n) is 6.01. The predicted molar refractivity (Wildman–Crippen MR) is 93.3 cm³/mol. The van der Waals surface area contributed by atoms with Crippen molar-refractivity contribution in [2.75, 3.05) is 18.5 Å². The molecule has 0 radical (unpaired) electrons. The number of alkyl halides is 1. The number of hydrogen-bond donors (Lipinski definition) is 1. The van der Waals surface area contributed by atoms with Gasteiger partial charge in [-0.2, -0.15) is 10.2 Å². The molecule has 128 valence electrons. The number of carbonyl (C=O) groups is 1.